The minimum absolute atomic E-state index is 0.0417. The molecule has 1 heterocycles. The van der Waals surface area contributed by atoms with Crippen LogP contribution >= 0.6 is 15.9 Å². The summed E-state index contributed by atoms with van der Waals surface area (Å²) in [5, 5.41) is 2.83. The average molecular weight is 413 g/mol. The fraction of sp³-hybridized carbons (Fsp3) is 0.100. The van der Waals surface area contributed by atoms with Gasteiger partial charge in [0.15, 0.2) is 0 Å². The summed E-state index contributed by atoms with van der Waals surface area (Å²) >= 11 is 3.30. The van der Waals surface area contributed by atoms with Gasteiger partial charge >= 0.3 is 0 Å². The van der Waals surface area contributed by atoms with E-state index in [0.29, 0.717) is 12.3 Å². The van der Waals surface area contributed by atoms with Crippen LogP contribution in [-0.4, -0.2) is 10.5 Å². The number of carbonyl (C=O) groups is 1. The summed E-state index contributed by atoms with van der Waals surface area (Å²) in [6.45, 7) is 0.268. The molecule has 0 aliphatic rings. The molecule has 0 spiro atoms. The number of nitrogens with zero attached hydrogens (tertiary/aromatic N) is 1. The van der Waals surface area contributed by atoms with Crippen molar-refractivity contribution in [3.05, 3.63) is 93.3 Å². The Hall–Kier alpha value is -2.86. The van der Waals surface area contributed by atoms with Crippen LogP contribution in [0.2, 0.25) is 0 Å². The molecule has 0 aliphatic heterocycles. The molecule has 5 nitrogen and oxygen atoms in total. The lowest BCUT2D eigenvalue weighted by molar-refractivity contribution is -0.121. The van der Waals surface area contributed by atoms with Crippen molar-refractivity contribution in [2.24, 2.45) is 0 Å². The molecule has 3 rings (SSSR count). The Morgan fingerprint density at radius 3 is 2.54 bits per heavy atom. The zero-order chi connectivity index (χ0) is 18.4. The van der Waals surface area contributed by atoms with Gasteiger partial charge < -0.3 is 14.6 Å². The highest BCUT2D eigenvalue weighted by Crippen LogP contribution is 2.24. The Bertz CT molecular complexity index is 955. The number of carbonyl (C=O) groups excluding carboxylic acids is 1. The number of hydrogen-bond donors (Lipinski definition) is 1. The Morgan fingerprint density at radius 1 is 1.00 bits per heavy atom. The van der Waals surface area contributed by atoms with Gasteiger partial charge in [-0.1, -0.05) is 36.4 Å². The van der Waals surface area contributed by atoms with Crippen LogP contribution < -0.4 is 15.6 Å². The fourth-order valence-electron chi connectivity index (χ4n) is 2.40. The van der Waals surface area contributed by atoms with Crippen LogP contribution in [0.5, 0.6) is 11.5 Å². The number of hydrogen-bond acceptors (Lipinski definition) is 3. The van der Waals surface area contributed by atoms with Gasteiger partial charge in [-0.05, 0) is 40.2 Å². The standard InChI is InChI=1S/C20H17BrN2O3/c21-16-10-11-20(25)23(13-16)14-19(24)22-12-15-6-4-5-9-18(15)26-17-7-2-1-3-8-17/h1-11,13H,12,14H2,(H,22,24). The summed E-state index contributed by atoms with van der Waals surface area (Å²) in [4.78, 5) is 24.0. The highest BCUT2D eigenvalue weighted by atomic mass is 79.9. The SMILES string of the molecule is O=C(Cn1cc(Br)ccc1=O)NCc1ccccc1Oc1ccccc1. The van der Waals surface area contributed by atoms with Crippen molar-refractivity contribution >= 4 is 21.8 Å². The summed E-state index contributed by atoms with van der Waals surface area (Å²) in [5.41, 5.74) is 0.627. The van der Waals surface area contributed by atoms with Gasteiger partial charge in [-0.25, -0.2) is 0 Å². The number of halogens is 1. The second-order valence-electron chi connectivity index (χ2n) is 5.61. The van der Waals surface area contributed by atoms with E-state index in [1.165, 1.54) is 10.6 Å². The van der Waals surface area contributed by atoms with E-state index in [-0.39, 0.29) is 18.0 Å². The van der Waals surface area contributed by atoms with Crippen molar-refractivity contribution in [3.63, 3.8) is 0 Å². The third-order valence-electron chi connectivity index (χ3n) is 3.68. The molecule has 0 bridgehead atoms. The van der Waals surface area contributed by atoms with Crippen LogP contribution in [0.3, 0.4) is 0 Å². The van der Waals surface area contributed by atoms with Gasteiger partial charge in [0, 0.05) is 28.8 Å². The van der Waals surface area contributed by atoms with Crippen LogP contribution in [0.15, 0.2) is 82.2 Å². The molecule has 0 unspecified atom stereocenters. The van der Waals surface area contributed by atoms with Crippen molar-refractivity contribution < 1.29 is 9.53 Å². The molecule has 1 amide bonds. The van der Waals surface area contributed by atoms with Crippen LogP contribution in [0, 0.1) is 0 Å². The highest BCUT2D eigenvalue weighted by Gasteiger charge is 2.08. The number of amides is 1. The van der Waals surface area contributed by atoms with Gasteiger partial charge in [0.05, 0.1) is 0 Å². The number of rotatable bonds is 6. The van der Waals surface area contributed by atoms with Crippen molar-refractivity contribution in [2.45, 2.75) is 13.1 Å². The highest BCUT2D eigenvalue weighted by molar-refractivity contribution is 9.10. The number of para-hydroxylation sites is 2. The molecule has 1 N–H and O–H groups in total. The van der Waals surface area contributed by atoms with Gasteiger partial charge in [-0.15, -0.1) is 0 Å². The molecule has 3 aromatic rings. The van der Waals surface area contributed by atoms with Crippen molar-refractivity contribution in [2.75, 3.05) is 0 Å². The molecule has 26 heavy (non-hydrogen) atoms. The van der Waals surface area contributed by atoms with Crippen LogP contribution in [-0.2, 0) is 17.9 Å². The molecular weight excluding hydrogens is 396 g/mol. The molecule has 0 atom stereocenters. The van der Waals surface area contributed by atoms with Crippen LogP contribution in [0.1, 0.15) is 5.56 Å². The van der Waals surface area contributed by atoms with Crippen molar-refractivity contribution in [3.8, 4) is 11.5 Å². The largest absolute Gasteiger partial charge is 0.457 e. The topological polar surface area (TPSA) is 60.3 Å². The Morgan fingerprint density at radius 2 is 1.73 bits per heavy atom. The molecule has 1 aromatic heterocycles. The van der Waals surface area contributed by atoms with E-state index in [0.717, 1.165) is 15.8 Å². The maximum atomic E-state index is 12.2. The first kappa shape index (κ1) is 17.9. The molecule has 132 valence electrons. The van der Waals surface area contributed by atoms with E-state index < -0.39 is 0 Å². The van der Waals surface area contributed by atoms with Gasteiger partial charge in [0.1, 0.15) is 18.0 Å². The minimum Gasteiger partial charge on any atom is -0.457 e. The first-order chi connectivity index (χ1) is 12.6. The molecule has 0 saturated carbocycles. The normalized spacial score (nSPS) is 10.3. The number of pyridine rings is 1. The van der Waals surface area contributed by atoms with E-state index in [2.05, 4.69) is 21.2 Å². The van der Waals surface area contributed by atoms with Crippen molar-refractivity contribution in [1.29, 1.82) is 0 Å². The molecular formula is C20H17BrN2O3. The molecule has 2 aromatic carbocycles. The zero-order valence-corrected chi connectivity index (χ0v) is 15.5. The van der Waals surface area contributed by atoms with E-state index in [4.69, 9.17) is 4.74 Å². The van der Waals surface area contributed by atoms with Gasteiger partial charge in [-0.2, -0.15) is 0 Å². The molecule has 6 heteroatoms. The third kappa shape index (κ3) is 4.83. The lowest BCUT2D eigenvalue weighted by Gasteiger charge is -2.12. The Kier molecular flexibility index (Phi) is 5.86. The first-order valence-electron chi connectivity index (χ1n) is 8.05. The lowest BCUT2D eigenvalue weighted by Crippen LogP contribution is -2.31. The Balaban J connectivity index is 1.65. The molecule has 0 radical (unpaired) electrons. The predicted molar refractivity (Wildman–Crippen MR) is 103 cm³/mol. The summed E-state index contributed by atoms with van der Waals surface area (Å²) in [6.07, 6.45) is 1.59. The number of benzene rings is 2. The van der Waals surface area contributed by atoms with Gasteiger partial charge in [-0.3, -0.25) is 9.59 Å². The fourth-order valence-corrected chi connectivity index (χ4v) is 2.77. The smallest absolute Gasteiger partial charge is 0.251 e. The van der Waals surface area contributed by atoms with Gasteiger partial charge in [0.2, 0.25) is 5.91 Å². The third-order valence-corrected chi connectivity index (χ3v) is 4.15. The summed E-state index contributed by atoms with van der Waals surface area (Å²) < 4.78 is 7.98. The number of aromatic nitrogens is 1. The van der Waals surface area contributed by atoms with Crippen molar-refractivity contribution in [1.82, 2.24) is 9.88 Å². The van der Waals surface area contributed by atoms with Gasteiger partial charge in [0.25, 0.3) is 5.56 Å². The second kappa shape index (κ2) is 8.49. The molecule has 0 aliphatic carbocycles. The first-order valence-corrected chi connectivity index (χ1v) is 8.84. The summed E-state index contributed by atoms with van der Waals surface area (Å²) in [7, 11) is 0. The predicted octanol–water partition coefficient (Wildman–Crippen LogP) is 3.72. The average Bonchev–Trinajstić information content (AvgIpc) is 2.65. The zero-order valence-electron chi connectivity index (χ0n) is 13.9. The van der Waals surface area contributed by atoms with E-state index in [1.807, 2.05) is 54.6 Å². The maximum Gasteiger partial charge on any atom is 0.251 e. The van der Waals surface area contributed by atoms with E-state index >= 15 is 0 Å². The number of ether oxygens (including phenoxy) is 1. The number of nitrogens with one attached hydrogen (secondary N) is 1. The molecule has 0 saturated heterocycles. The Labute approximate surface area is 159 Å². The monoisotopic (exact) mass is 412 g/mol. The van der Waals surface area contributed by atoms with E-state index in [1.54, 1.807) is 12.3 Å². The quantitative estimate of drug-likeness (QED) is 0.670. The summed E-state index contributed by atoms with van der Waals surface area (Å²) in [5.74, 6) is 1.16. The van der Waals surface area contributed by atoms with Crippen LogP contribution in [0.25, 0.3) is 0 Å². The molecule has 0 fully saturated rings. The lowest BCUT2D eigenvalue weighted by atomic mass is 10.2. The second-order valence-corrected chi connectivity index (χ2v) is 6.53. The van der Waals surface area contributed by atoms with Crippen LogP contribution in [0.4, 0.5) is 0 Å². The minimum atomic E-state index is -0.250. The maximum absolute atomic E-state index is 12.2. The summed E-state index contributed by atoms with van der Waals surface area (Å²) in [6, 6.07) is 20.0. The van der Waals surface area contributed by atoms with E-state index in [9.17, 15) is 9.59 Å².